The maximum Gasteiger partial charge on any atom is 0.196 e. The van der Waals surface area contributed by atoms with Crippen molar-refractivity contribution in [1.29, 1.82) is 0 Å². The zero-order chi connectivity index (χ0) is 21.4. The van der Waals surface area contributed by atoms with Gasteiger partial charge in [0.05, 0.1) is 10.9 Å². The van der Waals surface area contributed by atoms with Gasteiger partial charge in [0.2, 0.25) is 0 Å². The van der Waals surface area contributed by atoms with E-state index in [1.54, 1.807) is 18.6 Å². The second-order valence-corrected chi connectivity index (χ2v) is 9.70. The standard InChI is InChI=1S/C23H20N8S/c1-11-3-2-4-13-17-21(28-19(11)13)29-23(30-22(17)31-9-14-15(10-31)18(14)24)32-12-7-16-20(27-8-12)26-6-5-25-16/h2-8,14-15,18H,9-10,24H2,1H3,(H,28,29,30). The molecule has 0 bridgehead atoms. The molecule has 0 radical (unpaired) electrons. The molecule has 0 spiro atoms. The van der Waals surface area contributed by atoms with Crippen molar-refractivity contribution in [2.45, 2.75) is 23.0 Å². The lowest BCUT2D eigenvalue weighted by atomic mass is 10.1. The molecule has 2 unspecified atom stereocenters. The Morgan fingerprint density at radius 1 is 1.09 bits per heavy atom. The molecule has 9 heteroatoms. The van der Waals surface area contributed by atoms with Gasteiger partial charge in [-0.25, -0.2) is 19.9 Å². The maximum atomic E-state index is 6.20. The van der Waals surface area contributed by atoms with E-state index in [-0.39, 0.29) is 0 Å². The van der Waals surface area contributed by atoms with Crippen molar-refractivity contribution >= 4 is 50.7 Å². The molecule has 8 nitrogen and oxygen atoms in total. The summed E-state index contributed by atoms with van der Waals surface area (Å²) < 4.78 is 0. The number of H-pyrrole nitrogens is 1. The Kier molecular flexibility index (Phi) is 3.77. The predicted octanol–water partition coefficient (Wildman–Crippen LogP) is 3.30. The first-order valence-electron chi connectivity index (χ1n) is 10.7. The van der Waals surface area contributed by atoms with Crippen molar-refractivity contribution in [3.63, 3.8) is 0 Å². The minimum atomic E-state index is 0.340. The van der Waals surface area contributed by atoms with E-state index in [0.717, 1.165) is 45.9 Å². The molecule has 2 aliphatic rings. The molecule has 32 heavy (non-hydrogen) atoms. The summed E-state index contributed by atoms with van der Waals surface area (Å²) >= 11 is 1.49. The van der Waals surface area contributed by atoms with Gasteiger partial charge in [0.25, 0.3) is 0 Å². The molecule has 3 N–H and O–H groups in total. The Morgan fingerprint density at radius 3 is 2.81 bits per heavy atom. The fourth-order valence-corrected chi connectivity index (χ4v) is 5.70. The maximum absolute atomic E-state index is 6.20. The van der Waals surface area contributed by atoms with Crippen molar-refractivity contribution in [1.82, 2.24) is 29.9 Å². The van der Waals surface area contributed by atoms with Crippen molar-refractivity contribution in [3.8, 4) is 0 Å². The lowest BCUT2D eigenvalue weighted by Crippen LogP contribution is -2.29. The van der Waals surface area contributed by atoms with Gasteiger partial charge in [0, 0.05) is 48.0 Å². The minimum absolute atomic E-state index is 0.340. The van der Waals surface area contributed by atoms with E-state index < -0.39 is 0 Å². The first-order valence-corrected chi connectivity index (χ1v) is 11.5. The van der Waals surface area contributed by atoms with E-state index in [9.17, 15) is 0 Å². The molecular formula is C23H20N8S. The van der Waals surface area contributed by atoms with Gasteiger partial charge in [-0.05, 0) is 42.2 Å². The molecule has 1 aliphatic carbocycles. The van der Waals surface area contributed by atoms with Gasteiger partial charge in [-0.3, -0.25) is 4.98 Å². The topological polar surface area (TPSA) is 109 Å². The van der Waals surface area contributed by atoms with Crippen LogP contribution in [0.15, 0.2) is 52.9 Å². The number of hydrogen-bond acceptors (Lipinski definition) is 8. The van der Waals surface area contributed by atoms with Crippen LogP contribution in [0.25, 0.3) is 33.1 Å². The third-order valence-electron chi connectivity index (χ3n) is 6.72. The average Bonchev–Trinajstić information content (AvgIpc) is 3.16. The Bertz CT molecular complexity index is 1520. The van der Waals surface area contributed by atoms with Crippen LogP contribution in [-0.4, -0.2) is 49.0 Å². The van der Waals surface area contributed by atoms with Crippen LogP contribution in [0.5, 0.6) is 0 Å². The van der Waals surface area contributed by atoms with E-state index in [2.05, 4.69) is 50.0 Å². The van der Waals surface area contributed by atoms with Gasteiger partial charge in [-0.15, -0.1) is 0 Å². The van der Waals surface area contributed by atoms with Crippen LogP contribution >= 0.6 is 11.8 Å². The number of pyridine rings is 1. The van der Waals surface area contributed by atoms with Gasteiger partial charge in [0.15, 0.2) is 10.8 Å². The number of rotatable bonds is 3. The summed E-state index contributed by atoms with van der Waals surface area (Å²) in [6, 6.07) is 8.68. The first-order chi connectivity index (χ1) is 15.7. The molecule has 7 rings (SSSR count). The van der Waals surface area contributed by atoms with Crippen molar-refractivity contribution in [3.05, 3.63) is 48.4 Å². The second kappa shape index (κ2) is 6.60. The monoisotopic (exact) mass is 440 g/mol. The van der Waals surface area contributed by atoms with Gasteiger partial charge >= 0.3 is 0 Å². The molecule has 4 aromatic heterocycles. The minimum Gasteiger partial charge on any atom is -0.355 e. The Morgan fingerprint density at radius 2 is 1.94 bits per heavy atom. The van der Waals surface area contributed by atoms with Crippen LogP contribution in [0, 0.1) is 18.8 Å². The highest BCUT2D eigenvalue weighted by molar-refractivity contribution is 7.99. The lowest BCUT2D eigenvalue weighted by molar-refractivity contribution is 0.732. The van der Waals surface area contributed by atoms with Crippen LogP contribution in [0.2, 0.25) is 0 Å². The highest BCUT2D eigenvalue weighted by atomic mass is 32.2. The molecule has 1 saturated carbocycles. The molecule has 5 aromatic rings. The zero-order valence-corrected chi connectivity index (χ0v) is 18.2. The largest absolute Gasteiger partial charge is 0.355 e. The number of aromatic nitrogens is 6. The third kappa shape index (κ3) is 2.71. The molecule has 1 aromatic carbocycles. The van der Waals surface area contributed by atoms with Crippen molar-refractivity contribution in [2.24, 2.45) is 17.6 Å². The van der Waals surface area contributed by atoms with E-state index in [0.29, 0.717) is 28.7 Å². The first kappa shape index (κ1) is 18.3. The number of para-hydroxylation sites is 1. The van der Waals surface area contributed by atoms with E-state index >= 15 is 0 Å². The van der Waals surface area contributed by atoms with E-state index in [4.69, 9.17) is 15.7 Å². The molecule has 0 amide bonds. The summed E-state index contributed by atoms with van der Waals surface area (Å²) in [4.78, 5) is 29.8. The van der Waals surface area contributed by atoms with Crippen molar-refractivity contribution in [2.75, 3.05) is 18.0 Å². The number of aromatic amines is 1. The third-order valence-corrected chi connectivity index (χ3v) is 7.55. The predicted molar refractivity (Wildman–Crippen MR) is 125 cm³/mol. The molecule has 5 heterocycles. The van der Waals surface area contributed by atoms with Crippen molar-refractivity contribution < 1.29 is 0 Å². The summed E-state index contributed by atoms with van der Waals surface area (Å²) in [6.45, 7) is 4.02. The highest BCUT2D eigenvalue weighted by Crippen LogP contribution is 2.47. The van der Waals surface area contributed by atoms with Crippen LogP contribution in [-0.2, 0) is 0 Å². The fraction of sp³-hybridized carbons (Fsp3) is 0.261. The Balaban J connectivity index is 1.37. The molecule has 2 atom stereocenters. The summed E-state index contributed by atoms with van der Waals surface area (Å²) in [5.74, 6) is 2.14. The molecule has 158 valence electrons. The SMILES string of the molecule is Cc1cccc2c1[nH]c1nc(Sc3cnc4nccnc4c3)nc(N3CC4C(N)C4C3)c12. The summed E-state index contributed by atoms with van der Waals surface area (Å²) in [7, 11) is 0. The van der Waals surface area contributed by atoms with Gasteiger partial charge in [-0.1, -0.05) is 18.2 Å². The quantitative estimate of drug-likeness (QED) is 0.411. The number of anilines is 1. The summed E-state index contributed by atoms with van der Waals surface area (Å²) in [6.07, 6.45) is 5.12. The molecule has 1 saturated heterocycles. The number of piperidine rings is 1. The Labute approximate surface area is 187 Å². The van der Waals surface area contributed by atoms with Gasteiger partial charge in [0.1, 0.15) is 17.0 Å². The summed E-state index contributed by atoms with van der Waals surface area (Å²) in [5.41, 5.74) is 10.8. The number of benzene rings is 1. The fourth-order valence-electron chi connectivity index (χ4n) is 4.95. The molecular weight excluding hydrogens is 420 g/mol. The number of hydrogen-bond donors (Lipinski definition) is 2. The normalized spacial score (nSPS) is 22.2. The molecule has 1 aliphatic heterocycles. The lowest BCUT2D eigenvalue weighted by Gasteiger charge is -2.21. The number of fused-ring (bicyclic) bond motifs is 5. The second-order valence-electron chi connectivity index (χ2n) is 8.66. The Hall–Kier alpha value is -3.30. The van der Waals surface area contributed by atoms with Gasteiger partial charge < -0.3 is 15.6 Å². The number of nitrogens with one attached hydrogen (secondary N) is 1. The summed E-state index contributed by atoms with van der Waals surface area (Å²) in [5, 5.41) is 2.94. The van der Waals surface area contributed by atoms with Crippen LogP contribution in [0.3, 0.4) is 0 Å². The number of nitrogens with two attached hydrogens (primary N) is 1. The zero-order valence-electron chi connectivity index (χ0n) is 17.4. The van der Waals surface area contributed by atoms with Gasteiger partial charge in [-0.2, -0.15) is 0 Å². The van der Waals surface area contributed by atoms with Crippen LogP contribution < -0.4 is 10.6 Å². The number of aryl methyl sites for hydroxylation is 1. The van der Waals surface area contributed by atoms with Crippen LogP contribution in [0.4, 0.5) is 5.82 Å². The number of nitrogens with zero attached hydrogens (tertiary/aromatic N) is 6. The molecule has 2 fully saturated rings. The highest BCUT2D eigenvalue weighted by Gasteiger charge is 2.54. The van der Waals surface area contributed by atoms with E-state index in [1.165, 1.54) is 22.7 Å². The van der Waals surface area contributed by atoms with E-state index in [1.807, 2.05) is 6.07 Å². The average molecular weight is 441 g/mol. The van der Waals surface area contributed by atoms with Crippen LogP contribution in [0.1, 0.15) is 5.56 Å². The smallest absolute Gasteiger partial charge is 0.196 e.